The van der Waals surface area contributed by atoms with Crippen molar-refractivity contribution in [1.29, 1.82) is 0 Å². The second-order valence-corrected chi connectivity index (χ2v) is 7.29. The van der Waals surface area contributed by atoms with Gasteiger partial charge in [-0.05, 0) is 30.3 Å². The summed E-state index contributed by atoms with van der Waals surface area (Å²) in [7, 11) is -3.42. The number of carbonyl (C=O) groups excluding carboxylic acids is 1. The van der Waals surface area contributed by atoms with Gasteiger partial charge in [0, 0.05) is 11.3 Å². The zero-order chi connectivity index (χ0) is 18.6. The Labute approximate surface area is 150 Å². The molecule has 0 aliphatic carbocycles. The molecule has 7 nitrogen and oxygen atoms in total. The predicted octanol–water partition coefficient (Wildman–Crippen LogP) is 3.07. The van der Waals surface area contributed by atoms with Crippen molar-refractivity contribution in [2.45, 2.75) is 6.61 Å². The molecule has 0 atom stereocenters. The Balaban J connectivity index is 1.64. The van der Waals surface area contributed by atoms with Crippen molar-refractivity contribution >= 4 is 21.7 Å². The lowest BCUT2D eigenvalue weighted by atomic mass is 10.2. The Morgan fingerprint density at radius 2 is 1.92 bits per heavy atom. The van der Waals surface area contributed by atoms with E-state index >= 15 is 0 Å². The van der Waals surface area contributed by atoms with Crippen molar-refractivity contribution in [3.63, 3.8) is 0 Å². The molecule has 2 aromatic carbocycles. The number of esters is 1. The molecule has 0 amide bonds. The summed E-state index contributed by atoms with van der Waals surface area (Å²) in [5.74, 6) is -0.151. The number of benzene rings is 2. The molecule has 0 unspecified atom stereocenters. The van der Waals surface area contributed by atoms with E-state index in [-0.39, 0.29) is 17.9 Å². The molecule has 26 heavy (non-hydrogen) atoms. The Kier molecular flexibility index (Phi) is 5.04. The predicted molar refractivity (Wildman–Crippen MR) is 96.0 cm³/mol. The maximum absolute atomic E-state index is 12.2. The molecule has 0 saturated carbocycles. The van der Waals surface area contributed by atoms with Crippen LogP contribution in [-0.4, -0.2) is 25.6 Å². The number of aromatic nitrogens is 1. The fourth-order valence-electron chi connectivity index (χ4n) is 2.23. The Hall–Kier alpha value is -3.13. The lowest BCUT2D eigenvalue weighted by Crippen LogP contribution is -2.11. The molecule has 0 radical (unpaired) electrons. The number of hydrogen-bond acceptors (Lipinski definition) is 6. The zero-order valence-electron chi connectivity index (χ0n) is 13.9. The number of nitrogens with one attached hydrogen (secondary N) is 1. The molecule has 1 aromatic heterocycles. The third kappa shape index (κ3) is 4.70. The quantitative estimate of drug-likeness (QED) is 0.668. The molecule has 0 saturated heterocycles. The van der Waals surface area contributed by atoms with Gasteiger partial charge < -0.3 is 9.15 Å². The summed E-state index contributed by atoms with van der Waals surface area (Å²) in [4.78, 5) is 16.4. The highest BCUT2D eigenvalue weighted by atomic mass is 32.2. The van der Waals surface area contributed by atoms with Crippen LogP contribution in [0.4, 0.5) is 5.69 Å². The number of oxazole rings is 1. The molecule has 8 heteroatoms. The van der Waals surface area contributed by atoms with E-state index in [1.807, 2.05) is 30.3 Å². The van der Waals surface area contributed by atoms with E-state index in [0.29, 0.717) is 11.6 Å². The van der Waals surface area contributed by atoms with E-state index in [4.69, 9.17) is 9.15 Å². The summed E-state index contributed by atoms with van der Waals surface area (Å²) in [5, 5.41) is 0. The first-order valence-electron chi connectivity index (χ1n) is 7.65. The molecule has 0 aliphatic rings. The van der Waals surface area contributed by atoms with Crippen LogP contribution in [0.5, 0.6) is 0 Å². The number of hydrogen-bond donors (Lipinski definition) is 1. The average molecular weight is 372 g/mol. The number of ether oxygens (including phenoxy) is 1. The zero-order valence-corrected chi connectivity index (χ0v) is 14.7. The summed E-state index contributed by atoms with van der Waals surface area (Å²) in [5.41, 5.74) is 1.81. The number of anilines is 1. The van der Waals surface area contributed by atoms with Crippen molar-refractivity contribution in [2.24, 2.45) is 0 Å². The van der Waals surface area contributed by atoms with Gasteiger partial charge in [0.2, 0.25) is 15.9 Å². The fourth-order valence-corrected chi connectivity index (χ4v) is 2.79. The summed E-state index contributed by atoms with van der Waals surface area (Å²) in [6.07, 6.45) is 2.46. The highest BCUT2D eigenvalue weighted by Crippen LogP contribution is 2.19. The van der Waals surface area contributed by atoms with E-state index < -0.39 is 16.0 Å². The molecular formula is C18H16N2O5S. The second-order valence-electron chi connectivity index (χ2n) is 5.54. The van der Waals surface area contributed by atoms with Crippen molar-refractivity contribution < 1.29 is 22.4 Å². The lowest BCUT2D eigenvalue weighted by Gasteiger charge is -2.06. The average Bonchev–Trinajstić information content (AvgIpc) is 3.08. The van der Waals surface area contributed by atoms with Crippen molar-refractivity contribution in [1.82, 2.24) is 4.98 Å². The molecule has 3 aromatic rings. The highest BCUT2D eigenvalue weighted by molar-refractivity contribution is 7.92. The van der Waals surface area contributed by atoms with E-state index in [0.717, 1.165) is 11.8 Å². The first kappa shape index (κ1) is 17.7. The summed E-state index contributed by atoms with van der Waals surface area (Å²) in [6.45, 7) is -0.0566. The van der Waals surface area contributed by atoms with Crippen LogP contribution in [0, 0.1) is 0 Å². The van der Waals surface area contributed by atoms with Crippen molar-refractivity contribution in [2.75, 3.05) is 11.0 Å². The molecule has 1 N–H and O–H groups in total. The number of rotatable bonds is 6. The van der Waals surface area contributed by atoms with Crippen molar-refractivity contribution in [3.05, 3.63) is 72.1 Å². The number of sulfonamides is 1. The van der Waals surface area contributed by atoms with Gasteiger partial charge in [0.15, 0.2) is 0 Å². The summed E-state index contributed by atoms with van der Waals surface area (Å²) >= 11 is 0. The van der Waals surface area contributed by atoms with Gasteiger partial charge in [-0.2, -0.15) is 0 Å². The first-order valence-corrected chi connectivity index (χ1v) is 9.55. The van der Waals surface area contributed by atoms with Crippen LogP contribution >= 0.6 is 0 Å². The molecule has 0 aliphatic heterocycles. The van der Waals surface area contributed by atoms with Gasteiger partial charge in [0.05, 0.1) is 11.8 Å². The van der Waals surface area contributed by atoms with Crippen molar-refractivity contribution in [3.8, 4) is 11.5 Å². The Morgan fingerprint density at radius 3 is 2.65 bits per heavy atom. The van der Waals surface area contributed by atoms with Crippen LogP contribution in [0.25, 0.3) is 11.5 Å². The molecule has 0 spiro atoms. The second kappa shape index (κ2) is 7.40. The molecule has 1 heterocycles. The third-order valence-electron chi connectivity index (χ3n) is 3.33. The number of carbonyl (C=O) groups is 1. The van der Waals surface area contributed by atoms with Gasteiger partial charge in [-0.3, -0.25) is 4.72 Å². The van der Waals surface area contributed by atoms with Crippen LogP contribution in [0.15, 0.2) is 65.3 Å². The molecule has 0 bridgehead atoms. The topological polar surface area (TPSA) is 98.5 Å². The minimum atomic E-state index is -3.42. The van der Waals surface area contributed by atoms with E-state index in [1.54, 1.807) is 12.1 Å². The Morgan fingerprint density at radius 1 is 1.15 bits per heavy atom. The monoisotopic (exact) mass is 372 g/mol. The number of nitrogens with zero attached hydrogens (tertiary/aromatic N) is 1. The first-order chi connectivity index (χ1) is 12.4. The van der Waals surface area contributed by atoms with Gasteiger partial charge in [0.25, 0.3) is 0 Å². The van der Waals surface area contributed by atoms with E-state index in [1.165, 1.54) is 18.4 Å². The van der Waals surface area contributed by atoms with Gasteiger partial charge >= 0.3 is 5.97 Å². The highest BCUT2D eigenvalue weighted by Gasteiger charge is 2.12. The van der Waals surface area contributed by atoms with Crippen LogP contribution in [0.3, 0.4) is 0 Å². The van der Waals surface area contributed by atoms with Crippen LogP contribution in [0.1, 0.15) is 16.1 Å². The van der Waals surface area contributed by atoms with Gasteiger partial charge in [-0.1, -0.05) is 24.3 Å². The van der Waals surface area contributed by atoms with Crippen LogP contribution in [0.2, 0.25) is 0 Å². The summed E-state index contributed by atoms with van der Waals surface area (Å²) in [6, 6.07) is 15.4. The standard InChI is InChI=1S/C18H16N2O5S/c1-26(22,23)20-15-9-5-8-14(10-15)18(21)25-12-16-11-24-17(19-16)13-6-3-2-4-7-13/h2-11,20H,12H2,1H3. The van der Waals surface area contributed by atoms with Gasteiger partial charge in [0.1, 0.15) is 18.6 Å². The van der Waals surface area contributed by atoms with E-state index in [9.17, 15) is 13.2 Å². The maximum atomic E-state index is 12.2. The SMILES string of the molecule is CS(=O)(=O)Nc1cccc(C(=O)OCc2coc(-c3ccccc3)n2)c1. The minimum Gasteiger partial charge on any atom is -0.455 e. The van der Waals surface area contributed by atoms with E-state index in [2.05, 4.69) is 9.71 Å². The largest absolute Gasteiger partial charge is 0.455 e. The molecule has 3 rings (SSSR count). The van der Waals surface area contributed by atoms with Gasteiger partial charge in [-0.25, -0.2) is 18.2 Å². The fraction of sp³-hybridized carbons (Fsp3) is 0.111. The molecular weight excluding hydrogens is 356 g/mol. The third-order valence-corrected chi connectivity index (χ3v) is 3.93. The van der Waals surface area contributed by atoms with Gasteiger partial charge in [-0.15, -0.1) is 0 Å². The lowest BCUT2D eigenvalue weighted by molar-refractivity contribution is 0.0468. The minimum absolute atomic E-state index is 0.0566. The summed E-state index contributed by atoms with van der Waals surface area (Å²) < 4.78 is 35.4. The van der Waals surface area contributed by atoms with Crippen LogP contribution in [-0.2, 0) is 21.4 Å². The maximum Gasteiger partial charge on any atom is 0.338 e. The van der Waals surface area contributed by atoms with Crippen LogP contribution < -0.4 is 4.72 Å². The smallest absolute Gasteiger partial charge is 0.338 e. The molecule has 0 fully saturated rings. The normalized spacial score (nSPS) is 11.1. The Bertz CT molecular complexity index is 1010. The molecule has 134 valence electrons.